The fourth-order valence-corrected chi connectivity index (χ4v) is 2.32. The lowest BCUT2D eigenvalue weighted by Crippen LogP contribution is -2.25. The lowest BCUT2D eigenvalue weighted by molar-refractivity contribution is -0.118. The maximum Gasteiger partial charge on any atom is 0.262 e. The minimum absolute atomic E-state index is 0.0264. The van der Waals surface area contributed by atoms with E-state index in [1.54, 1.807) is 30.3 Å². The van der Waals surface area contributed by atoms with Gasteiger partial charge in [0.05, 0.1) is 5.69 Å². The van der Waals surface area contributed by atoms with Gasteiger partial charge < -0.3 is 15.2 Å². The largest absolute Gasteiger partial charge is 0.482 e. The molecule has 0 aromatic heterocycles. The number of halogens is 1. The molecule has 1 heterocycles. The van der Waals surface area contributed by atoms with Gasteiger partial charge in [-0.1, -0.05) is 23.8 Å². The normalized spacial score (nSPS) is 14.9. The second-order valence-electron chi connectivity index (χ2n) is 5.02. The van der Waals surface area contributed by atoms with Crippen LogP contribution in [0.2, 0.25) is 0 Å². The van der Waals surface area contributed by atoms with E-state index >= 15 is 0 Å². The third-order valence-electron chi connectivity index (χ3n) is 3.40. The summed E-state index contributed by atoms with van der Waals surface area (Å²) < 4.78 is 19.1. The van der Waals surface area contributed by atoms with Gasteiger partial charge in [-0.15, -0.1) is 0 Å². The molecule has 0 saturated carbocycles. The van der Waals surface area contributed by atoms with Crippen LogP contribution in [0.1, 0.15) is 22.8 Å². The van der Waals surface area contributed by atoms with E-state index in [0.29, 0.717) is 17.0 Å². The summed E-state index contributed by atoms with van der Waals surface area (Å²) in [5.41, 5.74) is 2.04. The zero-order valence-electron chi connectivity index (χ0n) is 11.4. The molecule has 108 valence electrons. The van der Waals surface area contributed by atoms with Crippen molar-refractivity contribution in [3.05, 3.63) is 58.9 Å². The SMILES string of the molecule is Cc1ccc(F)c(C(O)c2ccc3c(c2)NC(=O)CO3)c1. The summed E-state index contributed by atoms with van der Waals surface area (Å²) in [6.45, 7) is 1.80. The molecule has 2 N–H and O–H groups in total. The van der Waals surface area contributed by atoms with E-state index in [-0.39, 0.29) is 18.1 Å². The van der Waals surface area contributed by atoms with Gasteiger partial charge >= 0.3 is 0 Å². The minimum Gasteiger partial charge on any atom is -0.482 e. The van der Waals surface area contributed by atoms with Crippen molar-refractivity contribution < 1.29 is 19.0 Å². The van der Waals surface area contributed by atoms with Crippen LogP contribution in [0.4, 0.5) is 10.1 Å². The first-order valence-electron chi connectivity index (χ1n) is 6.55. The molecule has 0 fully saturated rings. The highest BCUT2D eigenvalue weighted by atomic mass is 19.1. The molecule has 1 unspecified atom stereocenters. The monoisotopic (exact) mass is 287 g/mol. The molecule has 1 atom stereocenters. The molecular weight excluding hydrogens is 273 g/mol. The molecule has 0 bridgehead atoms. The summed E-state index contributed by atoms with van der Waals surface area (Å²) in [7, 11) is 0. The Morgan fingerprint density at radius 2 is 2.10 bits per heavy atom. The molecule has 1 aliphatic rings. The van der Waals surface area contributed by atoms with Gasteiger partial charge in [0.2, 0.25) is 0 Å². The Bertz CT molecular complexity index is 715. The maximum absolute atomic E-state index is 13.9. The molecular formula is C16H14FNO3. The van der Waals surface area contributed by atoms with Crippen molar-refractivity contribution in [2.75, 3.05) is 11.9 Å². The molecule has 1 amide bonds. The zero-order valence-corrected chi connectivity index (χ0v) is 11.4. The third-order valence-corrected chi connectivity index (χ3v) is 3.40. The van der Waals surface area contributed by atoms with Crippen molar-refractivity contribution in [3.63, 3.8) is 0 Å². The number of nitrogens with one attached hydrogen (secondary N) is 1. The number of anilines is 1. The van der Waals surface area contributed by atoms with Crippen LogP contribution in [0.5, 0.6) is 5.75 Å². The number of aliphatic hydroxyl groups excluding tert-OH is 1. The van der Waals surface area contributed by atoms with E-state index in [2.05, 4.69) is 5.32 Å². The number of benzene rings is 2. The second kappa shape index (κ2) is 5.18. The summed E-state index contributed by atoms with van der Waals surface area (Å²) >= 11 is 0. The van der Waals surface area contributed by atoms with Crippen molar-refractivity contribution >= 4 is 11.6 Å². The summed E-state index contributed by atoms with van der Waals surface area (Å²) in [5, 5.41) is 13.0. The van der Waals surface area contributed by atoms with Crippen LogP contribution in [-0.2, 0) is 4.79 Å². The van der Waals surface area contributed by atoms with Gasteiger partial charge in [0.1, 0.15) is 17.7 Å². The van der Waals surface area contributed by atoms with Crippen LogP contribution < -0.4 is 10.1 Å². The number of carbonyl (C=O) groups is 1. The minimum atomic E-state index is -1.10. The Morgan fingerprint density at radius 1 is 1.29 bits per heavy atom. The van der Waals surface area contributed by atoms with E-state index in [1.807, 2.05) is 6.92 Å². The number of hydrogen-bond donors (Lipinski definition) is 2. The predicted molar refractivity (Wildman–Crippen MR) is 75.8 cm³/mol. The molecule has 0 saturated heterocycles. The van der Waals surface area contributed by atoms with Crippen molar-refractivity contribution in [1.82, 2.24) is 0 Å². The third kappa shape index (κ3) is 2.60. The number of rotatable bonds is 2. The molecule has 0 aliphatic carbocycles. The van der Waals surface area contributed by atoms with E-state index in [4.69, 9.17) is 4.74 Å². The van der Waals surface area contributed by atoms with E-state index in [1.165, 1.54) is 6.07 Å². The van der Waals surface area contributed by atoms with Gasteiger partial charge in [-0.05, 0) is 30.7 Å². The van der Waals surface area contributed by atoms with E-state index < -0.39 is 11.9 Å². The van der Waals surface area contributed by atoms with Crippen LogP contribution in [0.15, 0.2) is 36.4 Å². The highest BCUT2D eigenvalue weighted by molar-refractivity contribution is 5.95. The van der Waals surface area contributed by atoms with Crippen LogP contribution >= 0.6 is 0 Å². The second-order valence-corrected chi connectivity index (χ2v) is 5.02. The van der Waals surface area contributed by atoms with Crippen LogP contribution in [0.3, 0.4) is 0 Å². The molecule has 2 aromatic carbocycles. The Balaban J connectivity index is 1.98. The lowest BCUT2D eigenvalue weighted by atomic mass is 9.98. The summed E-state index contributed by atoms with van der Waals surface area (Å²) in [4.78, 5) is 11.3. The van der Waals surface area contributed by atoms with Gasteiger partial charge in [0.25, 0.3) is 5.91 Å². The Hall–Kier alpha value is -2.40. The Kier molecular flexibility index (Phi) is 3.35. The van der Waals surface area contributed by atoms with Gasteiger partial charge in [0, 0.05) is 5.56 Å². The maximum atomic E-state index is 13.9. The van der Waals surface area contributed by atoms with Crippen LogP contribution in [0, 0.1) is 12.7 Å². The smallest absolute Gasteiger partial charge is 0.262 e. The number of fused-ring (bicyclic) bond motifs is 1. The molecule has 0 spiro atoms. The highest BCUT2D eigenvalue weighted by Gasteiger charge is 2.20. The number of aryl methyl sites for hydroxylation is 1. The molecule has 2 aromatic rings. The molecule has 1 aliphatic heterocycles. The first-order chi connectivity index (χ1) is 10.0. The van der Waals surface area contributed by atoms with Gasteiger partial charge in [-0.25, -0.2) is 4.39 Å². The van der Waals surface area contributed by atoms with Gasteiger partial charge in [0.15, 0.2) is 6.61 Å². The number of amides is 1. The van der Waals surface area contributed by atoms with Crippen LogP contribution in [0.25, 0.3) is 0 Å². The van der Waals surface area contributed by atoms with Crippen molar-refractivity contribution in [2.24, 2.45) is 0 Å². The standard InChI is InChI=1S/C16H14FNO3/c1-9-2-4-12(17)11(6-9)16(20)10-3-5-14-13(7-10)18-15(19)8-21-14/h2-7,16,20H,8H2,1H3,(H,18,19). The topological polar surface area (TPSA) is 58.6 Å². The number of aliphatic hydroxyl groups is 1. The molecule has 4 nitrogen and oxygen atoms in total. The molecule has 21 heavy (non-hydrogen) atoms. The van der Waals surface area contributed by atoms with E-state index in [9.17, 15) is 14.3 Å². The summed E-state index contributed by atoms with van der Waals surface area (Å²) in [6.07, 6.45) is -1.10. The van der Waals surface area contributed by atoms with E-state index in [0.717, 1.165) is 5.56 Å². The average Bonchev–Trinajstić information content (AvgIpc) is 2.48. The number of carbonyl (C=O) groups excluding carboxylic acids is 1. The van der Waals surface area contributed by atoms with Gasteiger partial charge in [-0.3, -0.25) is 4.79 Å². The quantitative estimate of drug-likeness (QED) is 0.892. The van der Waals surface area contributed by atoms with Crippen molar-refractivity contribution in [2.45, 2.75) is 13.0 Å². The van der Waals surface area contributed by atoms with Crippen molar-refractivity contribution in [1.29, 1.82) is 0 Å². The molecule has 3 rings (SSSR count). The first kappa shape index (κ1) is 13.6. The predicted octanol–water partition coefficient (Wildman–Crippen LogP) is 2.55. The van der Waals surface area contributed by atoms with Gasteiger partial charge in [-0.2, -0.15) is 0 Å². The zero-order chi connectivity index (χ0) is 15.0. The average molecular weight is 287 g/mol. The Morgan fingerprint density at radius 3 is 2.90 bits per heavy atom. The summed E-state index contributed by atoms with van der Waals surface area (Å²) in [6, 6.07) is 9.49. The van der Waals surface area contributed by atoms with Crippen molar-refractivity contribution in [3.8, 4) is 5.75 Å². The fourth-order valence-electron chi connectivity index (χ4n) is 2.32. The highest BCUT2D eigenvalue weighted by Crippen LogP contribution is 2.33. The Labute approximate surface area is 121 Å². The molecule has 0 radical (unpaired) electrons. The summed E-state index contributed by atoms with van der Waals surface area (Å²) in [5.74, 6) is -0.183. The number of hydrogen-bond acceptors (Lipinski definition) is 3. The molecule has 5 heteroatoms. The lowest BCUT2D eigenvalue weighted by Gasteiger charge is -2.20. The van der Waals surface area contributed by atoms with Crippen LogP contribution in [-0.4, -0.2) is 17.6 Å². The fraction of sp³-hybridized carbons (Fsp3) is 0.188. The number of ether oxygens (including phenoxy) is 1. The first-order valence-corrected chi connectivity index (χ1v) is 6.55.